The van der Waals surface area contributed by atoms with Gasteiger partial charge in [0.15, 0.2) is 5.82 Å². The van der Waals surface area contributed by atoms with Crippen molar-refractivity contribution in [3.63, 3.8) is 0 Å². The fraction of sp³-hybridized carbons (Fsp3) is 0.0588. The van der Waals surface area contributed by atoms with Gasteiger partial charge in [0, 0.05) is 17.8 Å². The van der Waals surface area contributed by atoms with Crippen LogP contribution < -0.4 is 22.5 Å². The quantitative estimate of drug-likeness (QED) is 0.527. The standard InChI is InChI=1S/C17H16N8/c18-8-10-3-1-2-4-13(10)15-23-16(21)25-17(24-15)22-12-6-5-11(9-19)14(20)7-12/h1-7H,8,18,20H2,(H3,21,22,23,24,25). The zero-order valence-corrected chi connectivity index (χ0v) is 13.3. The Labute approximate surface area is 144 Å². The van der Waals surface area contributed by atoms with Gasteiger partial charge in [0.25, 0.3) is 0 Å². The second-order valence-corrected chi connectivity index (χ2v) is 5.24. The summed E-state index contributed by atoms with van der Waals surface area (Å²) < 4.78 is 0. The minimum atomic E-state index is 0.0842. The minimum Gasteiger partial charge on any atom is -0.398 e. The van der Waals surface area contributed by atoms with Crippen LogP contribution in [0.1, 0.15) is 11.1 Å². The van der Waals surface area contributed by atoms with Crippen LogP contribution in [0.3, 0.4) is 0 Å². The molecule has 8 heteroatoms. The van der Waals surface area contributed by atoms with Crippen LogP contribution in [-0.2, 0) is 6.54 Å². The Morgan fingerprint density at radius 3 is 2.56 bits per heavy atom. The fourth-order valence-corrected chi connectivity index (χ4v) is 2.36. The lowest BCUT2D eigenvalue weighted by Gasteiger charge is -2.10. The Balaban J connectivity index is 1.97. The summed E-state index contributed by atoms with van der Waals surface area (Å²) in [5.41, 5.74) is 20.5. The van der Waals surface area contributed by atoms with Gasteiger partial charge >= 0.3 is 0 Å². The summed E-state index contributed by atoms with van der Waals surface area (Å²) in [4.78, 5) is 12.7. The lowest BCUT2D eigenvalue weighted by Crippen LogP contribution is -2.07. The number of nitrogen functional groups attached to an aromatic ring is 2. The fourth-order valence-electron chi connectivity index (χ4n) is 2.36. The monoisotopic (exact) mass is 332 g/mol. The maximum absolute atomic E-state index is 8.94. The molecule has 0 aliphatic rings. The molecule has 0 unspecified atom stereocenters. The lowest BCUT2D eigenvalue weighted by atomic mass is 10.1. The average molecular weight is 332 g/mol. The molecule has 1 heterocycles. The third-order valence-electron chi connectivity index (χ3n) is 3.56. The lowest BCUT2D eigenvalue weighted by molar-refractivity contribution is 1.04. The summed E-state index contributed by atoms with van der Waals surface area (Å²) >= 11 is 0. The molecule has 1 aromatic heterocycles. The molecular weight excluding hydrogens is 316 g/mol. The molecule has 0 radical (unpaired) electrons. The second-order valence-electron chi connectivity index (χ2n) is 5.24. The average Bonchev–Trinajstić information content (AvgIpc) is 2.61. The van der Waals surface area contributed by atoms with Crippen LogP contribution in [0.25, 0.3) is 11.4 Å². The molecule has 0 aliphatic heterocycles. The van der Waals surface area contributed by atoms with Crippen LogP contribution in [0.2, 0.25) is 0 Å². The van der Waals surface area contributed by atoms with Gasteiger partial charge in [0.05, 0.1) is 11.3 Å². The molecule has 0 spiro atoms. The molecule has 2 aromatic carbocycles. The van der Waals surface area contributed by atoms with Gasteiger partial charge in [0.1, 0.15) is 6.07 Å². The normalized spacial score (nSPS) is 10.2. The number of nitrogens with two attached hydrogens (primary N) is 3. The molecule has 7 N–H and O–H groups in total. The van der Waals surface area contributed by atoms with E-state index < -0.39 is 0 Å². The van der Waals surface area contributed by atoms with Gasteiger partial charge in [0.2, 0.25) is 11.9 Å². The third kappa shape index (κ3) is 3.46. The molecule has 0 saturated heterocycles. The highest BCUT2D eigenvalue weighted by molar-refractivity contribution is 5.67. The van der Waals surface area contributed by atoms with E-state index in [0.717, 1.165) is 11.1 Å². The molecule has 0 fully saturated rings. The summed E-state index contributed by atoms with van der Waals surface area (Å²) in [6.07, 6.45) is 0. The Morgan fingerprint density at radius 1 is 1.04 bits per heavy atom. The number of benzene rings is 2. The highest BCUT2D eigenvalue weighted by Crippen LogP contribution is 2.24. The van der Waals surface area contributed by atoms with Gasteiger partial charge in [-0.25, -0.2) is 0 Å². The number of nitriles is 1. The summed E-state index contributed by atoms with van der Waals surface area (Å²) in [5, 5.41) is 12.0. The Kier molecular flexibility index (Phi) is 4.41. The highest BCUT2D eigenvalue weighted by atomic mass is 15.2. The van der Waals surface area contributed by atoms with Crippen molar-refractivity contribution < 1.29 is 0 Å². The van der Waals surface area contributed by atoms with E-state index in [1.165, 1.54) is 0 Å². The number of nitrogens with one attached hydrogen (secondary N) is 1. The number of hydrogen-bond donors (Lipinski definition) is 4. The van der Waals surface area contributed by atoms with Gasteiger partial charge in [-0.1, -0.05) is 24.3 Å². The molecule has 3 aromatic rings. The van der Waals surface area contributed by atoms with Crippen molar-refractivity contribution >= 4 is 23.3 Å². The summed E-state index contributed by atoms with van der Waals surface area (Å²) in [6, 6.07) is 14.5. The van der Waals surface area contributed by atoms with E-state index in [-0.39, 0.29) is 11.9 Å². The number of hydrogen-bond acceptors (Lipinski definition) is 8. The zero-order valence-electron chi connectivity index (χ0n) is 13.3. The van der Waals surface area contributed by atoms with E-state index >= 15 is 0 Å². The Morgan fingerprint density at radius 2 is 1.84 bits per heavy atom. The van der Waals surface area contributed by atoms with E-state index in [1.807, 2.05) is 30.3 Å². The predicted octanol–water partition coefficient (Wildman–Crippen LogP) is 1.78. The van der Waals surface area contributed by atoms with Crippen molar-refractivity contribution in [2.24, 2.45) is 5.73 Å². The molecule has 0 bridgehead atoms. The number of aromatic nitrogens is 3. The molecule has 0 aliphatic carbocycles. The van der Waals surface area contributed by atoms with Gasteiger partial charge in [-0.3, -0.25) is 0 Å². The number of nitrogens with zero attached hydrogens (tertiary/aromatic N) is 4. The first-order valence-electron chi connectivity index (χ1n) is 7.47. The molecule has 0 atom stereocenters. The van der Waals surface area contributed by atoms with Crippen LogP contribution in [0.15, 0.2) is 42.5 Å². The smallest absolute Gasteiger partial charge is 0.232 e. The largest absolute Gasteiger partial charge is 0.398 e. The minimum absolute atomic E-state index is 0.0842. The van der Waals surface area contributed by atoms with Gasteiger partial charge in [-0.05, 0) is 23.8 Å². The van der Waals surface area contributed by atoms with Crippen molar-refractivity contribution in [3.8, 4) is 17.5 Å². The first kappa shape index (κ1) is 16.2. The van der Waals surface area contributed by atoms with E-state index in [2.05, 4.69) is 20.3 Å². The number of rotatable bonds is 4. The Bertz CT molecular complexity index is 961. The third-order valence-corrected chi connectivity index (χ3v) is 3.56. The van der Waals surface area contributed by atoms with Gasteiger partial charge < -0.3 is 22.5 Å². The summed E-state index contributed by atoms with van der Waals surface area (Å²) in [5.74, 6) is 0.789. The summed E-state index contributed by atoms with van der Waals surface area (Å²) in [7, 11) is 0. The predicted molar refractivity (Wildman–Crippen MR) is 96.4 cm³/mol. The van der Waals surface area contributed by atoms with Crippen molar-refractivity contribution in [1.82, 2.24) is 15.0 Å². The van der Waals surface area contributed by atoms with Crippen molar-refractivity contribution in [2.75, 3.05) is 16.8 Å². The maximum Gasteiger partial charge on any atom is 0.232 e. The van der Waals surface area contributed by atoms with Crippen LogP contribution in [-0.4, -0.2) is 15.0 Å². The molecule has 0 amide bonds. The molecule has 0 saturated carbocycles. The van der Waals surface area contributed by atoms with E-state index in [4.69, 9.17) is 22.5 Å². The van der Waals surface area contributed by atoms with Crippen LogP contribution in [0.4, 0.5) is 23.3 Å². The number of anilines is 4. The van der Waals surface area contributed by atoms with Crippen LogP contribution in [0.5, 0.6) is 0 Å². The maximum atomic E-state index is 8.94. The molecule has 3 rings (SSSR count). The molecular formula is C17H16N8. The van der Waals surface area contributed by atoms with Crippen molar-refractivity contribution in [3.05, 3.63) is 53.6 Å². The Hall–Kier alpha value is -3.70. The van der Waals surface area contributed by atoms with Crippen LogP contribution in [0, 0.1) is 11.3 Å². The zero-order chi connectivity index (χ0) is 17.8. The van der Waals surface area contributed by atoms with E-state index in [0.29, 0.717) is 29.3 Å². The van der Waals surface area contributed by atoms with E-state index in [9.17, 15) is 0 Å². The second kappa shape index (κ2) is 6.82. The molecule has 25 heavy (non-hydrogen) atoms. The highest BCUT2D eigenvalue weighted by Gasteiger charge is 2.11. The first-order valence-corrected chi connectivity index (χ1v) is 7.47. The van der Waals surface area contributed by atoms with Crippen LogP contribution >= 0.6 is 0 Å². The van der Waals surface area contributed by atoms with Crippen molar-refractivity contribution in [1.29, 1.82) is 5.26 Å². The van der Waals surface area contributed by atoms with Crippen molar-refractivity contribution in [2.45, 2.75) is 6.54 Å². The molecule has 8 nitrogen and oxygen atoms in total. The topological polar surface area (TPSA) is 153 Å². The molecule has 124 valence electrons. The summed E-state index contributed by atoms with van der Waals surface area (Å²) in [6.45, 7) is 0.358. The SMILES string of the molecule is N#Cc1ccc(Nc2nc(N)nc(-c3ccccc3CN)n2)cc1N. The van der Waals surface area contributed by atoms with Gasteiger partial charge in [-0.15, -0.1) is 0 Å². The van der Waals surface area contributed by atoms with E-state index in [1.54, 1.807) is 18.2 Å². The first-order chi connectivity index (χ1) is 12.1. The van der Waals surface area contributed by atoms with Gasteiger partial charge in [-0.2, -0.15) is 20.2 Å².